The number of benzene rings is 2. The van der Waals surface area contributed by atoms with E-state index in [1.807, 2.05) is 29.2 Å². The van der Waals surface area contributed by atoms with E-state index in [2.05, 4.69) is 41.5 Å². The van der Waals surface area contributed by atoms with Gasteiger partial charge < -0.3 is 23.7 Å². The van der Waals surface area contributed by atoms with E-state index in [0.29, 0.717) is 51.4 Å². The Morgan fingerprint density at radius 2 is 1.82 bits per heavy atom. The molecule has 0 aliphatic carbocycles. The van der Waals surface area contributed by atoms with Gasteiger partial charge >= 0.3 is 0 Å². The molecule has 6 heteroatoms. The van der Waals surface area contributed by atoms with E-state index in [9.17, 15) is 4.79 Å². The lowest BCUT2D eigenvalue weighted by Gasteiger charge is -2.37. The highest BCUT2D eigenvalue weighted by Crippen LogP contribution is 2.34. The van der Waals surface area contributed by atoms with E-state index in [1.54, 1.807) is 6.08 Å². The van der Waals surface area contributed by atoms with Gasteiger partial charge in [0, 0.05) is 37.9 Å². The molecule has 2 aromatic carbocycles. The lowest BCUT2D eigenvalue weighted by molar-refractivity contribution is -0.181. The molecule has 3 aromatic rings. The van der Waals surface area contributed by atoms with Crippen LogP contribution in [0.15, 0.2) is 67.3 Å². The maximum atomic E-state index is 13.7. The minimum absolute atomic E-state index is 0.0541. The summed E-state index contributed by atoms with van der Waals surface area (Å²) in [5.41, 5.74) is 3.04. The van der Waals surface area contributed by atoms with E-state index in [1.165, 1.54) is 5.56 Å². The number of hydrogen-bond donors (Lipinski definition) is 0. The van der Waals surface area contributed by atoms with Crippen molar-refractivity contribution < 1.29 is 19.0 Å². The van der Waals surface area contributed by atoms with Crippen molar-refractivity contribution in [1.29, 1.82) is 0 Å². The highest BCUT2D eigenvalue weighted by Gasteiger charge is 2.41. The van der Waals surface area contributed by atoms with Gasteiger partial charge in [0.05, 0.1) is 18.7 Å². The van der Waals surface area contributed by atoms with Gasteiger partial charge in [-0.3, -0.25) is 4.79 Å². The van der Waals surface area contributed by atoms with Crippen molar-refractivity contribution in [1.82, 2.24) is 9.47 Å². The molecule has 3 heterocycles. The van der Waals surface area contributed by atoms with Crippen LogP contribution in [0.1, 0.15) is 35.3 Å². The van der Waals surface area contributed by atoms with Gasteiger partial charge in [0.2, 0.25) is 0 Å². The van der Waals surface area contributed by atoms with E-state index in [0.717, 1.165) is 36.0 Å². The monoisotopic (exact) mass is 460 g/mol. The number of rotatable bonds is 8. The lowest BCUT2D eigenvalue weighted by atomic mass is 10.0. The summed E-state index contributed by atoms with van der Waals surface area (Å²) in [6.07, 6.45) is 5.05. The number of nitrogens with zero attached hydrogens (tertiary/aromatic N) is 2. The minimum atomic E-state index is -0.495. The van der Waals surface area contributed by atoms with Gasteiger partial charge in [-0.25, -0.2) is 0 Å². The van der Waals surface area contributed by atoms with Crippen molar-refractivity contribution >= 4 is 16.8 Å². The van der Waals surface area contributed by atoms with Gasteiger partial charge in [-0.1, -0.05) is 49.1 Å². The van der Waals surface area contributed by atoms with Crippen LogP contribution in [0.2, 0.25) is 0 Å². The van der Waals surface area contributed by atoms with Gasteiger partial charge in [-0.05, 0) is 36.6 Å². The van der Waals surface area contributed by atoms with Crippen LogP contribution in [0.25, 0.3) is 10.9 Å². The largest absolute Gasteiger partial charge is 0.489 e. The predicted molar refractivity (Wildman–Crippen MR) is 132 cm³/mol. The summed E-state index contributed by atoms with van der Waals surface area (Å²) in [5, 5.41) is 0.961. The van der Waals surface area contributed by atoms with Crippen LogP contribution in [0, 0.1) is 0 Å². The van der Waals surface area contributed by atoms with E-state index in [4.69, 9.17) is 14.2 Å². The highest BCUT2D eigenvalue weighted by atomic mass is 16.7. The molecule has 0 bridgehead atoms. The van der Waals surface area contributed by atoms with Crippen molar-refractivity contribution in [2.75, 3.05) is 32.9 Å². The fourth-order valence-corrected chi connectivity index (χ4v) is 5.03. The van der Waals surface area contributed by atoms with Gasteiger partial charge in [-0.15, -0.1) is 0 Å². The van der Waals surface area contributed by atoms with Crippen LogP contribution in [0.4, 0.5) is 0 Å². The summed E-state index contributed by atoms with van der Waals surface area (Å²) in [4.78, 5) is 15.7. The van der Waals surface area contributed by atoms with Crippen LogP contribution in [-0.2, 0) is 22.4 Å². The van der Waals surface area contributed by atoms with Gasteiger partial charge in [0.15, 0.2) is 5.79 Å². The number of aromatic nitrogens is 1. The Labute approximate surface area is 200 Å². The molecule has 2 aliphatic heterocycles. The summed E-state index contributed by atoms with van der Waals surface area (Å²) in [5.74, 6) is 0.335. The van der Waals surface area contributed by atoms with Gasteiger partial charge in [0.25, 0.3) is 5.91 Å². The zero-order valence-electron chi connectivity index (χ0n) is 19.6. The Morgan fingerprint density at radius 1 is 1.06 bits per heavy atom. The first-order valence-electron chi connectivity index (χ1n) is 12.2. The second-order valence-corrected chi connectivity index (χ2v) is 8.96. The number of ether oxygens (including phenoxy) is 3. The van der Waals surface area contributed by atoms with Crippen LogP contribution in [-0.4, -0.2) is 54.1 Å². The van der Waals surface area contributed by atoms with Crippen LogP contribution in [0.3, 0.4) is 0 Å². The summed E-state index contributed by atoms with van der Waals surface area (Å²) < 4.78 is 19.8. The molecule has 1 spiro atoms. The Bertz CT molecular complexity index is 1140. The molecule has 34 heavy (non-hydrogen) atoms. The van der Waals surface area contributed by atoms with Gasteiger partial charge in [-0.2, -0.15) is 0 Å². The summed E-state index contributed by atoms with van der Waals surface area (Å²) >= 11 is 0. The van der Waals surface area contributed by atoms with E-state index in [-0.39, 0.29) is 5.91 Å². The topological polar surface area (TPSA) is 52.9 Å². The number of hydrogen-bond acceptors (Lipinski definition) is 4. The molecule has 2 fully saturated rings. The van der Waals surface area contributed by atoms with Crippen LogP contribution >= 0.6 is 0 Å². The summed E-state index contributed by atoms with van der Waals surface area (Å²) in [6, 6.07) is 18.5. The maximum absolute atomic E-state index is 13.7. The molecular weight excluding hydrogens is 428 g/mol. The first kappa shape index (κ1) is 22.7. The first-order chi connectivity index (χ1) is 16.7. The predicted octanol–water partition coefficient (Wildman–Crippen LogP) is 4.82. The normalized spacial score (nSPS) is 17.4. The number of carbonyl (C=O) groups excluding carboxylic acids is 1. The number of fused-ring (bicyclic) bond motifs is 1. The zero-order valence-corrected chi connectivity index (χ0v) is 19.6. The van der Waals surface area contributed by atoms with Gasteiger partial charge in [0.1, 0.15) is 18.1 Å². The molecule has 0 unspecified atom stereocenters. The Kier molecular flexibility index (Phi) is 6.70. The Hall–Kier alpha value is -3.09. The van der Waals surface area contributed by atoms with Crippen molar-refractivity contribution in [3.05, 3.63) is 78.5 Å². The molecule has 178 valence electrons. The molecule has 5 rings (SSSR count). The maximum Gasteiger partial charge on any atom is 0.270 e. The SMILES string of the molecule is C=CCOc1cccc2c1cc(C(=O)N1CCC3(CC1)OCCO3)n2CCCc1ccccc1. The Morgan fingerprint density at radius 3 is 2.56 bits per heavy atom. The molecule has 2 saturated heterocycles. The molecule has 0 saturated carbocycles. The third kappa shape index (κ3) is 4.61. The quantitative estimate of drug-likeness (QED) is 0.453. The number of amides is 1. The van der Waals surface area contributed by atoms with E-state index >= 15 is 0 Å². The summed E-state index contributed by atoms with van der Waals surface area (Å²) in [7, 11) is 0. The van der Waals surface area contributed by atoms with E-state index < -0.39 is 5.79 Å². The second-order valence-electron chi connectivity index (χ2n) is 8.96. The van der Waals surface area contributed by atoms with Crippen LogP contribution < -0.4 is 4.74 Å². The van der Waals surface area contributed by atoms with Crippen molar-refractivity contribution in [2.45, 2.75) is 38.0 Å². The molecule has 1 aromatic heterocycles. The zero-order chi connectivity index (χ0) is 23.4. The number of likely N-dealkylation sites (tertiary alicyclic amines) is 1. The third-order valence-corrected chi connectivity index (χ3v) is 6.80. The minimum Gasteiger partial charge on any atom is -0.489 e. The smallest absolute Gasteiger partial charge is 0.270 e. The molecule has 0 radical (unpaired) electrons. The second kappa shape index (κ2) is 10.0. The average molecular weight is 461 g/mol. The number of piperidine rings is 1. The highest BCUT2D eigenvalue weighted by molar-refractivity contribution is 6.00. The molecule has 0 atom stereocenters. The molecule has 2 aliphatic rings. The van der Waals surface area contributed by atoms with Crippen molar-refractivity contribution in [2.24, 2.45) is 0 Å². The third-order valence-electron chi connectivity index (χ3n) is 6.80. The summed E-state index contributed by atoms with van der Waals surface area (Å²) in [6.45, 7) is 7.47. The molecule has 1 amide bonds. The first-order valence-corrected chi connectivity index (χ1v) is 12.2. The lowest BCUT2D eigenvalue weighted by Crippen LogP contribution is -2.47. The standard InChI is InChI=1S/C28H32N2O4/c1-2-18-32-26-12-6-11-24-23(26)21-25(30(24)15-7-10-22-8-4-3-5-9-22)27(31)29-16-13-28(14-17-29)33-19-20-34-28/h2-6,8-9,11-12,21H,1,7,10,13-20H2. The molecule has 6 nitrogen and oxygen atoms in total. The van der Waals surface area contributed by atoms with Crippen molar-refractivity contribution in [3.63, 3.8) is 0 Å². The van der Waals surface area contributed by atoms with Crippen molar-refractivity contribution in [3.8, 4) is 5.75 Å². The number of carbonyl (C=O) groups is 1. The fraction of sp³-hybridized carbons (Fsp3) is 0.393. The average Bonchev–Trinajstić information content (AvgIpc) is 3.48. The fourth-order valence-electron chi connectivity index (χ4n) is 5.03. The molecule has 0 N–H and O–H groups in total. The number of aryl methyl sites for hydroxylation is 2. The molecular formula is C28H32N2O4. The Balaban J connectivity index is 1.41. The van der Waals surface area contributed by atoms with Crippen LogP contribution in [0.5, 0.6) is 5.75 Å².